The molecular weight excluding hydrogens is 276 g/mol. The number of nitrogens with zero attached hydrogens (tertiary/aromatic N) is 1. The molecule has 0 fully saturated rings. The van der Waals surface area contributed by atoms with Crippen LogP contribution in [0.15, 0.2) is 46.5 Å². The Balaban J connectivity index is 2.12. The van der Waals surface area contributed by atoms with E-state index in [1.54, 1.807) is 11.8 Å². The number of aryl methyl sites for hydroxylation is 2. The average molecular weight is 300 g/mol. The van der Waals surface area contributed by atoms with E-state index in [0.29, 0.717) is 5.92 Å². The second-order valence-electron chi connectivity index (χ2n) is 5.86. The number of rotatable bonds is 6. The summed E-state index contributed by atoms with van der Waals surface area (Å²) in [5.41, 5.74) is 3.88. The summed E-state index contributed by atoms with van der Waals surface area (Å²) in [6.07, 6.45) is 1.87. The van der Waals surface area contributed by atoms with E-state index in [2.05, 4.69) is 62.3 Å². The lowest BCUT2D eigenvalue weighted by atomic mass is 10.2. The first kappa shape index (κ1) is 16.1. The average Bonchev–Trinajstić information content (AvgIpc) is 2.43. The molecule has 0 aliphatic carbocycles. The maximum absolute atomic E-state index is 4.56. The molecule has 3 heteroatoms. The molecule has 2 nitrogen and oxygen atoms in total. The van der Waals surface area contributed by atoms with Crippen LogP contribution in [0, 0.1) is 19.8 Å². The van der Waals surface area contributed by atoms with Crippen molar-refractivity contribution in [1.29, 1.82) is 0 Å². The zero-order valence-corrected chi connectivity index (χ0v) is 14.1. The summed E-state index contributed by atoms with van der Waals surface area (Å²) >= 11 is 1.76. The quantitative estimate of drug-likeness (QED) is 0.844. The van der Waals surface area contributed by atoms with Gasteiger partial charge < -0.3 is 5.32 Å². The fourth-order valence-electron chi connectivity index (χ4n) is 2.16. The van der Waals surface area contributed by atoms with Gasteiger partial charge >= 0.3 is 0 Å². The Bertz CT molecular complexity index is 594. The molecule has 0 saturated heterocycles. The van der Waals surface area contributed by atoms with Crippen LogP contribution in [0.2, 0.25) is 0 Å². The molecule has 0 saturated carbocycles. The van der Waals surface area contributed by atoms with Gasteiger partial charge in [-0.2, -0.15) is 0 Å². The van der Waals surface area contributed by atoms with E-state index in [9.17, 15) is 0 Å². The molecule has 2 aromatic rings. The fraction of sp³-hybridized carbons (Fsp3) is 0.389. The van der Waals surface area contributed by atoms with E-state index in [1.807, 2.05) is 12.3 Å². The lowest BCUT2D eigenvalue weighted by Gasteiger charge is -2.12. The molecular formula is C18H24N2S. The number of aromatic nitrogens is 1. The number of nitrogens with one attached hydrogen (secondary N) is 1. The van der Waals surface area contributed by atoms with Crippen LogP contribution < -0.4 is 5.32 Å². The van der Waals surface area contributed by atoms with Crippen LogP contribution in [0.4, 0.5) is 0 Å². The Kier molecular flexibility index (Phi) is 5.83. The molecule has 2 rings (SSSR count). The normalized spacial score (nSPS) is 11.1. The van der Waals surface area contributed by atoms with Gasteiger partial charge in [0.05, 0.1) is 0 Å². The first-order chi connectivity index (χ1) is 10.1. The van der Waals surface area contributed by atoms with Crippen LogP contribution in [-0.4, -0.2) is 11.5 Å². The third-order valence-electron chi connectivity index (χ3n) is 3.26. The molecule has 1 aromatic carbocycles. The first-order valence-corrected chi connectivity index (χ1v) is 8.27. The maximum Gasteiger partial charge on any atom is 0.105 e. The van der Waals surface area contributed by atoms with Crippen LogP contribution in [0.5, 0.6) is 0 Å². The summed E-state index contributed by atoms with van der Waals surface area (Å²) in [6, 6.07) is 10.7. The lowest BCUT2D eigenvalue weighted by molar-refractivity contribution is 0.549. The van der Waals surface area contributed by atoms with Gasteiger partial charge in [-0.1, -0.05) is 49.4 Å². The first-order valence-electron chi connectivity index (χ1n) is 7.46. The van der Waals surface area contributed by atoms with Gasteiger partial charge in [-0.15, -0.1) is 0 Å². The molecule has 0 aliphatic heterocycles. The monoisotopic (exact) mass is 300 g/mol. The minimum absolute atomic E-state index is 0.664. The van der Waals surface area contributed by atoms with Gasteiger partial charge in [-0.05, 0) is 49.6 Å². The van der Waals surface area contributed by atoms with Gasteiger partial charge in [0.1, 0.15) is 5.03 Å². The highest BCUT2D eigenvalue weighted by atomic mass is 32.2. The van der Waals surface area contributed by atoms with Crippen molar-refractivity contribution in [3.8, 4) is 0 Å². The second-order valence-corrected chi connectivity index (χ2v) is 6.89. The van der Waals surface area contributed by atoms with Crippen LogP contribution in [-0.2, 0) is 6.54 Å². The molecule has 0 spiro atoms. The summed E-state index contributed by atoms with van der Waals surface area (Å²) < 4.78 is 0. The summed E-state index contributed by atoms with van der Waals surface area (Å²) in [6.45, 7) is 10.6. The second kappa shape index (κ2) is 7.62. The molecule has 0 unspecified atom stereocenters. The summed E-state index contributed by atoms with van der Waals surface area (Å²) in [5, 5.41) is 4.60. The Hall–Kier alpha value is -1.32. The van der Waals surface area contributed by atoms with Crippen molar-refractivity contribution in [2.45, 2.75) is 44.2 Å². The molecule has 1 heterocycles. The van der Waals surface area contributed by atoms with Crippen LogP contribution in [0.1, 0.15) is 30.5 Å². The molecule has 112 valence electrons. The summed E-state index contributed by atoms with van der Waals surface area (Å²) in [5.74, 6) is 0.664. The number of hydrogen-bond acceptors (Lipinski definition) is 3. The van der Waals surface area contributed by atoms with Crippen molar-refractivity contribution >= 4 is 11.8 Å². The van der Waals surface area contributed by atoms with Crippen molar-refractivity contribution in [3.63, 3.8) is 0 Å². The van der Waals surface area contributed by atoms with Crippen molar-refractivity contribution in [2.75, 3.05) is 6.54 Å². The van der Waals surface area contributed by atoms with E-state index < -0.39 is 0 Å². The van der Waals surface area contributed by atoms with Crippen LogP contribution >= 0.6 is 11.8 Å². The van der Waals surface area contributed by atoms with Gasteiger partial charge in [0.2, 0.25) is 0 Å². The van der Waals surface area contributed by atoms with E-state index >= 15 is 0 Å². The predicted molar refractivity (Wildman–Crippen MR) is 90.8 cm³/mol. The molecule has 21 heavy (non-hydrogen) atoms. The summed E-state index contributed by atoms with van der Waals surface area (Å²) in [7, 11) is 0. The van der Waals surface area contributed by atoms with E-state index in [4.69, 9.17) is 0 Å². The minimum Gasteiger partial charge on any atom is -0.312 e. The fourth-order valence-corrected chi connectivity index (χ4v) is 3.11. The highest BCUT2D eigenvalue weighted by molar-refractivity contribution is 7.99. The van der Waals surface area contributed by atoms with E-state index in [0.717, 1.165) is 18.1 Å². The van der Waals surface area contributed by atoms with Gasteiger partial charge in [0.25, 0.3) is 0 Å². The van der Waals surface area contributed by atoms with Crippen molar-refractivity contribution in [1.82, 2.24) is 10.3 Å². The van der Waals surface area contributed by atoms with Crippen LogP contribution in [0.3, 0.4) is 0 Å². The predicted octanol–water partition coefficient (Wildman–Crippen LogP) is 4.60. The van der Waals surface area contributed by atoms with Crippen LogP contribution in [0.25, 0.3) is 0 Å². The largest absolute Gasteiger partial charge is 0.312 e. The van der Waals surface area contributed by atoms with E-state index in [1.165, 1.54) is 21.6 Å². The third-order valence-corrected chi connectivity index (χ3v) is 4.49. The molecule has 1 aromatic heterocycles. The van der Waals surface area contributed by atoms with Crippen molar-refractivity contribution in [2.24, 2.45) is 5.92 Å². The van der Waals surface area contributed by atoms with Gasteiger partial charge in [-0.25, -0.2) is 4.98 Å². The molecule has 0 amide bonds. The zero-order chi connectivity index (χ0) is 15.2. The SMILES string of the molecule is Cc1ccc(Sc2ncccc2CNCC(C)C)c(C)c1. The Morgan fingerprint density at radius 2 is 2.00 bits per heavy atom. The van der Waals surface area contributed by atoms with Crippen molar-refractivity contribution in [3.05, 3.63) is 53.2 Å². The van der Waals surface area contributed by atoms with Gasteiger partial charge in [0, 0.05) is 17.6 Å². The smallest absolute Gasteiger partial charge is 0.105 e. The third kappa shape index (κ3) is 4.87. The Labute approximate surface area is 132 Å². The molecule has 0 aliphatic rings. The maximum atomic E-state index is 4.56. The van der Waals surface area contributed by atoms with E-state index in [-0.39, 0.29) is 0 Å². The minimum atomic E-state index is 0.664. The highest BCUT2D eigenvalue weighted by Gasteiger charge is 2.07. The number of benzene rings is 1. The standard InChI is InChI=1S/C18H24N2S/c1-13(2)11-19-12-16-6-5-9-20-18(16)21-17-8-7-14(3)10-15(17)4/h5-10,13,19H,11-12H2,1-4H3. The molecule has 0 bridgehead atoms. The summed E-state index contributed by atoms with van der Waals surface area (Å²) in [4.78, 5) is 5.84. The zero-order valence-electron chi connectivity index (χ0n) is 13.3. The topological polar surface area (TPSA) is 24.9 Å². The van der Waals surface area contributed by atoms with Gasteiger partial charge in [-0.3, -0.25) is 0 Å². The lowest BCUT2D eigenvalue weighted by Crippen LogP contribution is -2.19. The molecule has 0 atom stereocenters. The highest BCUT2D eigenvalue weighted by Crippen LogP contribution is 2.31. The Morgan fingerprint density at radius 3 is 2.71 bits per heavy atom. The molecule has 1 N–H and O–H groups in total. The van der Waals surface area contributed by atoms with Crippen molar-refractivity contribution < 1.29 is 0 Å². The number of hydrogen-bond donors (Lipinski definition) is 1. The molecule has 0 radical (unpaired) electrons. The van der Waals surface area contributed by atoms with Gasteiger partial charge in [0.15, 0.2) is 0 Å². The Morgan fingerprint density at radius 1 is 1.19 bits per heavy atom. The number of pyridine rings is 1.